The van der Waals surface area contributed by atoms with Crippen molar-refractivity contribution in [3.05, 3.63) is 36.5 Å². The third-order valence-corrected chi connectivity index (χ3v) is 13.2. The molecule has 0 amide bonds. The Balaban J connectivity index is 2.00. The number of Topliss-reactive ketones (excluding diaryl/α,β-unsaturated/α-hetero) is 2. The molecule has 11 heteroatoms. The maximum atomic E-state index is 13.6. The van der Waals surface area contributed by atoms with Gasteiger partial charge >= 0.3 is 5.97 Å². The summed E-state index contributed by atoms with van der Waals surface area (Å²) in [6.07, 6.45) is 11.3. The van der Waals surface area contributed by atoms with Gasteiger partial charge in [0, 0.05) is 42.1 Å². The molecule has 0 aliphatic carbocycles. The van der Waals surface area contributed by atoms with Gasteiger partial charge in [0.05, 0.1) is 42.5 Å². The number of aliphatic hydroxyl groups excluding tert-OH is 4. The van der Waals surface area contributed by atoms with E-state index in [0.29, 0.717) is 32.1 Å². The zero-order valence-electron chi connectivity index (χ0n) is 35.7. The first-order valence-electron chi connectivity index (χ1n) is 21.3. The fourth-order valence-corrected chi connectivity index (χ4v) is 9.23. The molecular weight excluding hydrogens is 716 g/mol. The van der Waals surface area contributed by atoms with Gasteiger partial charge in [0.25, 0.3) is 0 Å². The molecule has 11 nitrogen and oxygen atoms in total. The van der Waals surface area contributed by atoms with Crippen molar-refractivity contribution in [2.24, 2.45) is 47.3 Å². The Bertz CT molecular complexity index is 1370. The molecule has 3 rings (SSSR count). The number of ketones is 2. The predicted molar refractivity (Wildman–Crippen MR) is 215 cm³/mol. The molecule has 0 aromatic heterocycles. The van der Waals surface area contributed by atoms with E-state index in [4.69, 9.17) is 14.2 Å². The van der Waals surface area contributed by atoms with Gasteiger partial charge in [-0.3, -0.25) is 9.59 Å². The topological polar surface area (TPSA) is 180 Å². The van der Waals surface area contributed by atoms with Gasteiger partial charge in [-0.05, 0) is 77.0 Å². The van der Waals surface area contributed by atoms with Gasteiger partial charge in [-0.2, -0.15) is 0 Å². The van der Waals surface area contributed by atoms with E-state index in [1.54, 1.807) is 20.8 Å². The van der Waals surface area contributed by atoms with Crippen LogP contribution in [0.1, 0.15) is 127 Å². The van der Waals surface area contributed by atoms with Crippen LogP contribution in [0, 0.1) is 47.3 Å². The Kier molecular flexibility index (Phi) is 18.2. The minimum atomic E-state index is -2.18. The van der Waals surface area contributed by atoms with Crippen molar-refractivity contribution < 1.29 is 54.1 Å². The molecule has 3 aliphatic rings. The van der Waals surface area contributed by atoms with Gasteiger partial charge in [0.2, 0.25) is 0 Å². The van der Waals surface area contributed by atoms with Crippen molar-refractivity contribution in [2.45, 2.75) is 181 Å². The van der Waals surface area contributed by atoms with Gasteiger partial charge in [-0.15, -0.1) is 0 Å². The summed E-state index contributed by atoms with van der Waals surface area (Å²) in [7, 11) is 0. The quantitative estimate of drug-likeness (QED) is 0.210. The van der Waals surface area contributed by atoms with Crippen molar-refractivity contribution in [1.29, 1.82) is 0 Å². The Hall–Kier alpha value is -2.25. The lowest BCUT2D eigenvalue weighted by Crippen LogP contribution is -2.62. The second kappa shape index (κ2) is 21.1. The van der Waals surface area contributed by atoms with Crippen LogP contribution in [0.25, 0.3) is 0 Å². The third kappa shape index (κ3) is 11.7. The van der Waals surface area contributed by atoms with Gasteiger partial charge in [-0.1, -0.05) is 85.8 Å². The molecule has 2 saturated heterocycles. The molecule has 56 heavy (non-hydrogen) atoms. The number of allylic oxidation sites excluding steroid dienone is 4. The average molecular weight is 791 g/mol. The van der Waals surface area contributed by atoms with Crippen LogP contribution in [0.3, 0.4) is 0 Å². The number of esters is 1. The number of fused-ring (bicyclic) bond motifs is 2. The fourth-order valence-electron chi connectivity index (χ4n) is 9.23. The van der Waals surface area contributed by atoms with E-state index in [2.05, 4.69) is 19.9 Å². The van der Waals surface area contributed by atoms with Crippen molar-refractivity contribution >= 4 is 17.5 Å². The number of hydrogen-bond acceptors (Lipinski definition) is 11. The van der Waals surface area contributed by atoms with Crippen LogP contribution < -0.4 is 0 Å². The number of carbonyl (C=O) groups excluding carboxylic acids is 3. The maximum absolute atomic E-state index is 13.6. The molecule has 2 bridgehead atoms. The molecule has 4 unspecified atom stereocenters. The highest BCUT2D eigenvalue weighted by atomic mass is 16.7. The molecule has 0 radical (unpaired) electrons. The first-order valence-corrected chi connectivity index (χ1v) is 21.3. The van der Waals surface area contributed by atoms with Gasteiger partial charge in [0.15, 0.2) is 11.6 Å². The number of hydrogen-bond donors (Lipinski definition) is 5. The Labute approximate surface area is 336 Å². The van der Waals surface area contributed by atoms with E-state index >= 15 is 0 Å². The van der Waals surface area contributed by atoms with Crippen LogP contribution in [0.5, 0.6) is 0 Å². The smallest absolute Gasteiger partial charge is 0.330 e. The van der Waals surface area contributed by atoms with Crippen LogP contribution in [-0.4, -0.2) is 97.2 Å². The predicted octanol–water partition coefficient (Wildman–Crippen LogP) is 6.03. The number of ether oxygens (including phenoxy) is 3. The minimum absolute atomic E-state index is 0.156. The molecule has 0 aromatic rings. The highest BCUT2D eigenvalue weighted by molar-refractivity contribution is 5.91. The molecule has 5 N–H and O–H groups in total. The van der Waals surface area contributed by atoms with Gasteiger partial charge in [0.1, 0.15) is 17.5 Å². The molecule has 3 aliphatic heterocycles. The highest BCUT2D eigenvalue weighted by Gasteiger charge is 2.56. The standard InChI is InChI=1S/C45H74O11/c1-11-33-18-15-13-14-17-27(4)42(51)44(10,53)43(52)32(9)40(50)31(8)39(49)30(7)38(48)26(3)20-23-37(47)54-41-29(6)36(22-21-33)56-45(35(41)12-2)24-16-19-34(55-45)25-28(5)46/h13-15,18,20,23,26-36,38,40-42,46,48,50-51,53H,11-12,16-17,19,21-22,24-25H2,1-10H3/b14-13+,18-15+,23-20+/t26-,27+,28?,29+,30-,31-,32-,33-,34+,35-,36?,38+,40+,41?,42-,44+,45?/m1/s1. The van der Waals surface area contributed by atoms with Crippen molar-refractivity contribution in [3.8, 4) is 0 Å². The molecule has 320 valence electrons. The van der Waals surface area contributed by atoms with Crippen LogP contribution in [0.2, 0.25) is 0 Å². The summed E-state index contributed by atoms with van der Waals surface area (Å²) in [6.45, 7) is 17.1. The second-order valence-electron chi connectivity index (χ2n) is 17.7. The third-order valence-electron chi connectivity index (χ3n) is 13.2. The average Bonchev–Trinajstić information content (AvgIpc) is 3.16. The van der Waals surface area contributed by atoms with E-state index in [1.165, 1.54) is 39.8 Å². The fraction of sp³-hybridized carbons (Fsp3) is 0.800. The lowest BCUT2D eigenvalue weighted by Gasteiger charge is -2.55. The molecule has 1 spiro atoms. The molecular formula is C45H74O11. The van der Waals surface area contributed by atoms with E-state index in [9.17, 15) is 39.9 Å². The van der Waals surface area contributed by atoms with Crippen LogP contribution in [0.4, 0.5) is 0 Å². The zero-order chi connectivity index (χ0) is 42.1. The first kappa shape index (κ1) is 48.1. The lowest BCUT2D eigenvalue weighted by atomic mass is 9.74. The number of rotatable bonds is 4. The highest BCUT2D eigenvalue weighted by Crippen LogP contribution is 2.49. The van der Waals surface area contributed by atoms with Crippen molar-refractivity contribution in [3.63, 3.8) is 0 Å². The first-order chi connectivity index (χ1) is 26.2. The Morgan fingerprint density at radius 2 is 1.52 bits per heavy atom. The molecule has 3 heterocycles. The Morgan fingerprint density at radius 3 is 2.14 bits per heavy atom. The summed E-state index contributed by atoms with van der Waals surface area (Å²) >= 11 is 0. The zero-order valence-corrected chi connectivity index (χ0v) is 35.7. The number of aliphatic hydroxyl groups is 5. The van der Waals surface area contributed by atoms with E-state index in [1.807, 2.05) is 25.2 Å². The van der Waals surface area contributed by atoms with Crippen LogP contribution in [0.15, 0.2) is 36.5 Å². The summed E-state index contributed by atoms with van der Waals surface area (Å²) in [6, 6.07) is 0. The van der Waals surface area contributed by atoms with Crippen LogP contribution in [-0.2, 0) is 28.6 Å². The monoisotopic (exact) mass is 791 g/mol. The van der Waals surface area contributed by atoms with Gasteiger partial charge in [-0.25, -0.2) is 4.79 Å². The molecule has 0 aromatic carbocycles. The summed E-state index contributed by atoms with van der Waals surface area (Å²) in [5.74, 6) is -7.37. The summed E-state index contributed by atoms with van der Waals surface area (Å²) in [5.41, 5.74) is -2.18. The summed E-state index contributed by atoms with van der Waals surface area (Å²) in [5, 5.41) is 55.0. The minimum Gasteiger partial charge on any atom is -0.458 e. The number of carbonyl (C=O) groups is 3. The largest absolute Gasteiger partial charge is 0.458 e. The normalized spacial score (nSPS) is 45.4. The summed E-state index contributed by atoms with van der Waals surface area (Å²) < 4.78 is 20.1. The maximum Gasteiger partial charge on any atom is 0.330 e. The van der Waals surface area contributed by atoms with Crippen molar-refractivity contribution in [2.75, 3.05) is 0 Å². The van der Waals surface area contributed by atoms with Crippen molar-refractivity contribution in [1.82, 2.24) is 0 Å². The lowest BCUT2D eigenvalue weighted by molar-refractivity contribution is -0.368. The summed E-state index contributed by atoms with van der Waals surface area (Å²) in [4.78, 5) is 40.6. The van der Waals surface area contributed by atoms with Crippen LogP contribution >= 0.6 is 0 Å². The Morgan fingerprint density at radius 1 is 0.857 bits per heavy atom. The molecule has 2 fully saturated rings. The molecule has 0 saturated carbocycles. The van der Waals surface area contributed by atoms with E-state index < -0.39 is 89.0 Å². The van der Waals surface area contributed by atoms with E-state index in [0.717, 1.165) is 25.7 Å². The van der Waals surface area contributed by atoms with E-state index in [-0.39, 0.29) is 30.0 Å². The SMILES string of the molecule is CC[C@@H]1/C=C/C=C/C[C@H](C)[C@@H](O)[C@](C)(O)C(=O)[C@H](C)[C@@H](O)[C@H](C)C(=O)[C@H](C)[C@@H](O)[C@H](C)/C=C/C(=O)OC2[C@@H](C)C(CC1)OC1(CCC[C@@H](CC(C)O)O1)[C@@H]2CC. The second-order valence-corrected chi connectivity index (χ2v) is 17.7. The molecule has 17 atom stereocenters. The van der Waals surface area contributed by atoms with Gasteiger partial charge < -0.3 is 39.7 Å².